The van der Waals surface area contributed by atoms with Gasteiger partial charge in [0.25, 0.3) is 28.4 Å². The van der Waals surface area contributed by atoms with Crippen molar-refractivity contribution in [2.45, 2.75) is 48.5 Å². The van der Waals surface area contributed by atoms with E-state index in [9.17, 15) is 28.8 Å². The molecule has 0 N–H and O–H groups in total. The van der Waals surface area contributed by atoms with Crippen LogP contribution >= 0.6 is 0 Å². The molecule has 12 rings (SSSR count). The molecule has 0 aliphatic carbocycles. The Balaban J connectivity index is 0.000000128. The molecule has 366 valence electrons. The lowest BCUT2D eigenvalue weighted by Gasteiger charge is -2.00. The second-order valence-corrected chi connectivity index (χ2v) is 14.6. The van der Waals surface area contributed by atoms with Crippen molar-refractivity contribution >= 4 is 67.0 Å². The quantitative estimate of drug-likeness (QED) is 0.211. The Morgan fingerprint density at radius 3 is 1.75 bits per heavy atom. The summed E-state index contributed by atoms with van der Waals surface area (Å²) in [5, 5.41) is 21.9. The van der Waals surface area contributed by atoms with E-state index in [0.717, 1.165) is 42.3 Å². The molecule has 0 aliphatic rings. The highest BCUT2D eigenvalue weighted by atomic mass is 16.4. The SMILES string of the molecule is Cc1cc(=O)c2nncnc2o1.Cc1cnc2c(=O)ncoc2c1C.Cc1cnc2c(=O)ncoc2n1.Cc1cnnc2ocnc(=O)c12.Cc1coc2nncnc2c1=O.Cc1ncnc2c(=O)ncoc12. The summed E-state index contributed by atoms with van der Waals surface area (Å²) >= 11 is 0. The molecule has 0 unspecified atom stereocenters. The summed E-state index contributed by atoms with van der Waals surface area (Å²) in [5.74, 6) is 0.521. The lowest BCUT2D eigenvalue weighted by atomic mass is 10.1. The molecule has 12 aromatic heterocycles. The highest BCUT2D eigenvalue weighted by Gasteiger charge is 2.09. The van der Waals surface area contributed by atoms with Crippen LogP contribution in [0.5, 0.6) is 0 Å². The van der Waals surface area contributed by atoms with Crippen LogP contribution in [0.3, 0.4) is 0 Å². The van der Waals surface area contributed by atoms with Crippen LogP contribution in [-0.4, -0.2) is 85.4 Å². The van der Waals surface area contributed by atoms with Gasteiger partial charge in [0.05, 0.1) is 17.6 Å². The zero-order chi connectivity index (χ0) is 52.2. The van der Waals surface area contributed by atoms with Crippen LogP contribution in [0.1, 0.15) is 39.4 Å². The molecule has 0 aliphatic heterocycles. The number of rotatable bonds is 0. The Morgan fingerprint density at radius 1 is 0.425 bits per heavy atom. The molecule has 0 amide bonds. The Hall–Kier alpha value is -10.6. The Bertz CT molecular complexity index is 4300. The van der Waals surface area contributed by atoms with Crippen LogP contribution < -0.4 is 33.1 Å². The van der Waals surface area contributed by atoms with Gasteiger partial charge in [-0.3, -0.25) is 28.8 Å². The maximum absolute atomic E-state index is 11.3. The zero-order valence-electron chi connectivity index (χ0n) is 38.9. The summed E-state index contributed by atoms with van der Waals surface area (Å²) in [4.78, 5) is 108. The molecule has 0 spiro atoms. The molecular weight excluding hydrogens is 959 g/mol. The second kappa shape index (κ2) is 22.7. The van der Waals surface area contributed by atoms with Crippen LogP contribution in [0.2, 0.25) is 0 Å². The summed E-state index contributed by atoms with van der Waals surface area (Å²) in [5.41, 5.74) is 5.56. The van der Waals surface area contributed by atoms with Crippen LogP contribution in [0.4, 0.5) is 0 Å². The zero-order valence-corrected chi connectivity index (χ0v) is 38.9. The third kappa shape index (κ3) is 12.0. The van der Waals surface area contributed by atoms with Crippen LogP contribution in [-0.2, 0) is 0 Å². The average Bonchev–Trinajstić information content (AvgIpc) is 3.38. The summed E-state index contributed by atoms with van der Waals surface area (Å²) in [6.45, 7) is 12.4. The minimum Gasteiger partial charge on any atom is -0.443 e. The Labute approximate surface area is 403 Å². The lowest BCUT2D eigenvalue weighted by molar-refractivity contribution is 0.549. The van der Waals surface area contributed by atoms with E-state index >= 15 is 0 Å². The van der Waals surface area contributed by atoms with Gasteiger partial charge in [0.1, 0.15) is 36.4 Å². The van der Waals surface area contributed by atoms with Gasteiger partial charge in [0.2, 0.25) is 10.9 Å². The number of pyridine rings is 1. The highest BCUT2D eigenvalue weighted by molar-refractivity contribution is 5.75. The molecule has 0 aromatic carbocycles. The first-order valence-electron chi connectivity index (χ1n) is 20.6. The fraction of sp³-hybridized carbons (Fsp3) is 0.159. The van der Waals surface area contributed by atoms with E-state index < -0.39 is 5.56 Å². The van der Waals surface area contributed by atoms with Gasteiger partial charge in [-0.05, 0) is 65.2 Å². The van der Waals surface area contributed by atoms with Crippen molar-refractivity contribution in [2.24, 2.45) is 0 Å². The van der Waals surface area contributed by atoms with Crippen molar-refractivity contribution < 1.29 is 26.5 Å². The first kappa shape index (κ1) is 50.3. The van der Waals surface area contributed by atoms with Crippen LogP contribution in [0.15, 0.2) is 131 Å². The predicted octanol–water partition coefficient (Wildman–Crippen LogP) is 2.63. The van der Waals surface area contributed by atoms with Gasteiger partial charge in [0, 0.05) is 24.0 Å². The number of hydrogen-bond acceptors (Lipinski definition) is 29. The van der Waals surface area contributed by atoms with E-state index in [-0.39, 0.29) is 72.5 Å². The van der Waals surface area contributed by atoms with Gasteiger partial charge < -0.3 is 26.5 Å². The van der Waals surface area contributed by atoms with Crippen molar-refractivity contribution in [3.63, 3.8) is 0 Å². The van der Waals surface area contributed by atoms with E-state index in [1.54, 1.807) is 40.8 Å². The van der Waals surface area contributed by atoms with Gasteiger partial charge in [-0.2, -0.15) is 30.0 Å². The monoisotopic (exact) mass is 991 g/mol. The number of fused-ring (bicyclic) bond motifs is 6. The van der Waals surface area contributed by atoms with Crippen LogP contribution in [0, 0.1) is 48.5 Å². The fourth-order valence-electron chi connectivity index (χ4n) is 5.77. The molecule has 29 nitrogen and oxygen atoms in total. The van der Waals surface area contributed by atoms with E-state index in [4.69, 9.17) is 26.5 Å². The average molecular weight is 992 g/mol. The largest absolute Gasteiger partial charge is 0.443 e. The smallest absolute Gasteiger partial charge is 0.303 e. The molecule has 0 atom stereocenters. The number of aromatic nitrogens is 17. The number of nitrogens with zero attached hydrogens (tertiary/aromatic N) is 17. The molecule has 73 heavy (non-hydrogen) atoms. The third-order valence-electron chi connectivity index (χ3n) is 9.48. The summed E-state index contributed by atoms with van der Waals surface area (Å²) in [6.07, 6.45) is 14.2. The molecule has 0 fully saturated rings. The second-order valence-electron chi connectivity index (χ2n) is 14.6. The first-order chi connectivity index (χ1) is 35.1. The van der Waals surface area contributed by atoms with Crippen molar-refractivity contribution in [3.8, 4) is 0 Å². The minimum absolute atomic E-state index is 0.161. The van der Waals surface area contributed by atoms with E-state index in [1.165, 1.54) is 43.7 Å². The molecule has 29 heteroatoms. The molecular formula is C44H33N17O12. The topological polar surface area (TPSA) is 400 Å². The van der Waals surface area contributed by atoms with Crippen molar-refractivity contribution in [2.75, 3.05) is 0 Å². The molecule has 12 aromatic rings. The number of hydrogen-bond donors (Lipinski definition) is 0. The van der Waals surface area contributed by atoms with Gasteiger partial charge in [-0.15, -0.1) is 25.5 Å². The lowest BCUT2D eigenvalue weighted by Crippen LogP contribution is -2.07. The number of aryl methyl sites for hydroxylation is 7. The highest BCUT2D eigenvalue weighted by Crippen LogP contribution is 2.15. The molecule has 0 saturated heterocycles. The third-order valence-corrected chi connectivity index (χ3v) is 9.48. The minimum atomic E-state index is -0.413. The predicted molar refractivity (Wildman–Crippen MR) is 251 cm³/mol. The summed E-state index contributed by atoms with van der Waals surface area (Å²) in [7, 11) is 0. The molecule has 12 heterocycles. The van der Waals surface area contributed by atoms with Crippen LogP contribution in [0.25, 0.3) is 67.0 Å². The van der Waals surface area contributed by atoms with E-state index in [0.29, 0.717) is 44.8 Å². The van der Waals surface area contributed by atoms with Gasteiger partial charge >= 0.3 is 16.7 Å². The summed E-state index contributed by atoms with van der Waals surface area (Å²) < 4.78 is 30.0. The van der Waals surface area contributed by atoms with Crippen molar-refractivity contribution in [1.29, 1.82) is 0 Å². The molecule has 0 bridgehead atoms. The van der Waals surface area contributed by atoms with Crippen molar-refractivity contribution in [1.82, 2.24) is 85.4 Å². The van der Waals surface area contributed by atoms with Gasteiger partial charge in [-0.25, -0.2) is 29.9 Å². The Kier molecular flexibility index (Phi) is 15.6. The standard InChI is InChI=1S/C9H8N2O2.5C7H5N3O2/c1-5-3-10-7-8(6(5)2)13-4-11-9(7)12;1-4-6-5(9-2-8-4)7(11)10-3-12-6;1-4-2-8-5-6(11)9-3-12-7(5)10-4;1-4-2-12-7-5(6(4)11)8-3-9-10-7;1-4-2-9-10-7-5(4)6(11)8-3-12-7;1-4-2-5(11)6-7(12-4)8-3-9-10-6/h3-4H,1-2H3;5*2-3H,1H3. The van der Waals surface area contributed by atoms with Crippen molar-refractivity contribution in [3.05, 3.63) is 177 Å². The first-order valence-corrected chi connectivity index (χ1v) is 20.6. The maximum Gasteiger partial charge on any atom is 0.303 e. The fourth-order valence-corrected chi connectivity index (χ4v) is 5.77. The Morgan fingerprint density at radius 2 is 1.03 bits per heavy atom. The maximum atomic E-state index is 11.3. The van der Waals surface area contributed by atoms with E-state index in [1.807, 2.05) is 13.8 Å². The van der Waals surface area contributed by atoms with Gasteiger partial charge in [-0.1, -0.05) is 0 Å². The van der Waals surface area contributed by atoms with Gasteiger partial charge in [0.15, 0.2) is 64.3 Å². The molecule has 0 saturated carbocycles. The molecule has 0 radical (unpaired) electrons. The summed E-state index contributed by atoms with van der Waals surface area (Å²) in [6, 6.07) is 1.36. The van der Waals surface area contributed by atoms with E-state index in [2.05, 4.69) is 85.4 Å². The normalized spacial score (nSPS) is 10.5.